The van der Waals surface area contributed by atoms with Crippen LogP contribution in [-0.4, -0.2) is 37.9 Å². The molecule has 23 heavy (non-hydrogen) atoms. The highest BCUT2D eigenvalue weighted by Crippen LogP contribution is 2.18. The van der Waals surface area contributed by atoms with Gasteiger partial charge in [0.25, 0.3) is 5.78 Å². The third-order valence-electron chi connectivity index (χ3n) is 3.21. The number of hydrogen-bond donors (Lipinski definition) is 3. The zero-order chi connectivity index (χ0) is 17.0. The van der Waals surface area contributed by atoms with Gasteiger partial charge in [-0.1, -0.05) is 24.3 Å². The Kier molecular flexibility index (Phi) is 4.70. The number of hydrogen-bond acceptors (Lipinski definition) is 5. The first-order valence-electron chi connectivity index (χ1n) is 6.69. The molecule has 2 aromatic rings. The molecule has 0 unspecified atom stereocenters. The molecule has 118 valence electrons. The summed E-state index contributed by atoms with van der Waals surface area (Å²) >= 11 is 0. The van der Waals surface area contributed by atoms with Crippen LogP contribution in [0.5, 0.6) is 0 Å². The fourth-order valence-electron chi connectivity index (χ4n) is 2.00. The van der Waals surface area contributed by atoms with Gasteiger partial charge in [0.15, 0.2) is 5.78 Å². The predicted molar refractivity (Wildman–Crippen MR) is 81.1 cm³/mol. The molecule has 0 spiro atoms. The van der Waals surface area contributed by atoms with Gasteiger partial charge in [0.2, 0.25) is 0 Å². The molecule has 7 heteroatoms. The van der Waals surface area contributed by atoms with Crippen LogP contribution in [0.1, 0.15) is 34.1 Å². The van der Waals surface area contributed by atoms with Crippen molar-refractivity contribution in [3.8, 4) is 0 Å². The molecule has 0 atom stereocenters. The maximum atomic E-state index is 11.2. The van der Waals surface area contributed by atoms with Crippen LogP contribution < -0.4 is 0 Å². The smallest absolute Gasteiger partial charge is 0.376 e. The van der Waals surface area contributed by atoms with Crippen LogP contribution in [0.15, 0.2) is 36.5 Å². The number of carboxylic acid groups (broad SMARTS) is 1. The Morgan fingerprint density at radius 1 is 1.17 bits per heavy atom. The molecule has 1 aromatic carbocycles. The lowest BCUT2D eigenvalue weighted by Crippen LogP contribution is -2.10. The summed E-state index contributed by atoms with van der Waals surface area (Å²) in [6, 6.07) is 6.94. The highest BCUT2D eigenvalue weighted by atomic mass is 16.4. The Hall–Kier alpha value is -3.22. The molecule has 0 saturated carbocycles. The number of nitrogens with one attached hydrogen (secondary N) is 1. The van der Waals surface area contributed by atoms with Crippen LogP contribution in [0, 0.1) is 0 Å². The maximum Gasteiger partial charge on any atom is 0.376 e. The van der Waals surface area contributed by atoms with Crippen molar-refractivity contribution in [2.45, 2.75) is 13.3 Å². The molecule has 0 fully saturated rings. The van der Waals surface area contributed by atoms with E-state index in [1.54, 1.807) is 24.3 Å². The van der Waals surface area contributed by atoms with Gasteiger partial charge in [0.05, 0.1) is 6.20 Å². The Balaban J connectivity index is 2.22. The van der Waals surface area contributed by atoms with Crippen LogP contribution in [0.2, 0.25) is 0 Å². The summed E-state index contributed by atoms with van der Waals surface area (Å²) in [5.41, 5.74) is 2.23. The number of aliphatic hydroxyl groups is 1. The number of aliphatic hydroxyl groups excluding tert-OH is 1. The Labute approximate surface area is 131 Å². The third kappa shape index (κ3) is 3.91. The molecule has 1 aromatic heterocycles. The van der Waals surface area contributed by atoms with E-state index in [0.717, 1.165) is 5.56 Å². The van der Waals surface area contributed by atoms with Crippen molar-refractivity contribution in [1.82, 2.24) is 10.2 Å². The number of rotatable bonds is 6. The molecule has 2 rings (SSSR count). The minimum atomic E-state index is -1.66. The molecule has 0 aliphatic carbocycles. The molecule has 1 heterocycles. The molecule has 0 aliphatic heterocycles. The van der Waals surface area contributed by atoms with Crippen molar-refractivity contribution in [3.05, 3.63) is 58.9 Å². The fourth-order valence-corrected chi connectivity index (χ4v) is 2.00. The number of H-pyrrole nitrogens is 1. The Bertz CT molecular complexity index is 787. The van der Waals surface area contributed by atoms with E-state index in [4.69, 9.17) is 5.11 Å². The lowest BCUT2D eigenvalue weighted by molar-refractivity contribution is -0.146. The molecule has 0 saturated heterocycles. The molecular formula is C16H14N2O5. The normalized spacial score (nSPS) is 11.3. The van der Waals surface area contributed by atoms with Gasteiger partial charge < -0.3 is 10.2 Å². The number of carboxylic acids is 1. The number of benzene rings is 1. The SMILES string of the molecule is CC(=O)c1ccc(Cc2cn[nH]c2C(O)=CC(=O)C(=O)O)cc1. The standard InChI is InChI=1S/C16H14N2O5/c1-9(19)11-4-2-10(3-5-11)6-12-8-17-18-15(12)13(20)7-14(21)16(22)23/h2-5,7-8,20H,6H2,1H3,(H,17,18)(H,22,23). The first kappa shape index (κ1) is 16.2. The van der Waals surface area contributed by atoms with E-state index in [2.05, 4.69) is 10.2 Å². The number of nitrogens with zero attached hydrogens (tertiary/aromatic N) is 1. The molecule has 0 bridgehead atoms. The van der Waals surface area contributed by atoms with Gasteiger partial charge in [-0.3, -0.25) is 14.7 Å². The van der Waals surface area contributed by atoms with Gasteiger partial charge >= 0.3 is 5.97 Å². The summed E-state index contributed by atoms with van der Waals surface area (Å²) < 4.78 is 0. The topological polar surface area (TPSA) is 120 Å². The summed E-state index contributed by atoms with van der Waals surface area (Å²) in [5.74, 6) is -3.41. The quantitative estimate of drug-likeness (QED) is 0.323. The van der Waals surface area contributed by atoms with E-state index in [9.17, 15) is 19.5 Å². The number of carbonyl (C=O) groups is 3. The van der Waals surface area contributed by atoms with Crippen molar-refractivity contribution in [1.29, 1.82) is 0 Å². The van der Waals surface area contributed by atoms with Crippen LogP contribution in [-0.2, 0) is 16.0 Å². The van der Waals surface area contributed by atoms with E-state index >= 15 is 0 Å². The minimum absolute atomic E-state index is 0.0340. The number of Topliss-reactive ketones (excluding diaryl/α,β-unsaturated/α-hetero) is 1. The van der Waals surface area contributed by atoms with Crippen LogP contribution >= 0.6 is 0 Å². The van der Waals surface area contributed by atoms with E-state index in [1.807, 2.05) is 0 Å². The van der Waals surface area contributed by atoms with Crippen LogP contribution in [0.3, 0.4) is 0 Å². The van der Waals surface area contributed by atoms with Crippen molar-refractivity contribution in [2.75, 3.05) is 0 Å². The Morgan fingerprint density at radius 3 is 2.39 bits per heavy atom. The van der Waals surface area contributed by atoms with Crippen molar-refractivity contribution in [2.24, 2.45) is 0 Å². The zero-order valence-corrected chi connectivity index (χ0v) is 12.2. The Morgan fingerprint density at radius 2 is 1.83 bits per heavy atom. The number of carbonyl (C=O) groups excluding carboxylic acids is 2. The molecule has 3 N–H and O–H groups in total. The monoisotopic (exact) mass is 314 g/mol. The molecule has 0 amide bonds. The number of aromatic amines is 1. The van der Waals surface area contributed by atoms with Gasteiger partial charge in [-0.2, -0.15) is 5.10 Å². The predicted octanol–water partition coefficient (Wildman–Crippen LogP) is 1.76. The second kappa shape index (κ2) is 6.69. The largest absolute Gasteiger partial charge is 0.506 e. The summed E-state index contributed by atoms with van der Waals surface area (Å²) in [6.45, 7) is 1.48. The zero-order valence-electron chi connectivity index (χ0n) is 12.2. The first-order chi connectivity index (χ1) is 10.9. The molecule has 0 aliphatic rings. The second-order valence-electron chi connectivity index (χ2n) is 4.90. The number of aromatic nitrogens is 2. The van der Waals surface area contributed by atoms with Crippen LogP contribution in [0.4, 0.5) is 0 Å². The number of aliphatic carboxylic acids is 1. The lowest BCUT2D eigenvalue weighted by Gasteiger charge is -2.04. The average molecular weight is 314 g/mol. The first-order valence-corrected chi connectivity index (χ1v) is 6.69. The van der Waals surface area contributed by atoms with Crippen molar-refractivity contribution in [3.63, 3.8) is 0 Å². The maximum absolute atomic E-state index is 11.2. The van der Waals surface area contributed by atoms with E-state index in [0.29, 0.717) is 23.6 Å². The lowest BCUT2D eigenvalue weighted by atomic mass is 10.0. The number of ketones is 2. The van der Waals surface area contributed by atoms with Gasteiger partial charge in [-0.25, -0.2) is 4.79 Å². The van der Waals surface area contributed by atoms with Gasteiger partial charge in [0.1, 0.15) is 11.5 Å². The van der Waals surface area contributed by atoms with Gasteiger partial charge in [-0.15, -0.1) is 0 Å². The second-order valence-corrected chi connectivity index (χ2v) is 4.90. The highest BCUT2D eigenvalue weighted by molar-refractivity contribution is 6.38. The summed E-state index contributed by atoms with van der Waals surface area (Å²) in [5, 5.41) is 24.7. The van der Waals surface area contributed by atoms with E-state index in [1.165, 1.54) is 13.1 Å². The summed E-state index contributed by atoms with van der Waals surface area (Å²) in [6.07, 6.45) is 2.49. The van der Waals surface area contributed by atoms with E-state index < -0.39 is 17.5 Å². The van der Waals surface area contributed by atoms with Gasteiger partial charge in [-0.05, 0) is 12.5 Å². The molecule has 7 nitrogen and oxygen atoms in total. The van der Waals surface area contributed by atoms with Crippen molar-refractivity contribution >= 4 is 23.3 Å². The fraction of sp³-hybridized carbons (Fsp3) is 0.125. The highest BCUT2D eigenvalue weighted by Gasteiger charge is 2.15. The van der Waals surface area contributed by atoms with Gasteiger partial charge in [0, 0.05) is 23.6 Å². The molecular weight excluding hydrogens is 300 g/mol. The summed E-state index contributed by atoms with van der Waals surface area (Å²) in [4.78, 5) is 32.9. The summed E-state index contributed by atoms with van der Waals surface area (Å²) in [7, 11) is 0. The van der Waals surface area contributed by atoms with Crippen LogP contribution in [0.25, 0.3) is 5.76 Å². The van der Waals surface area contributed by atoms with E-state index in [-0.39, 0.29) is 11.5 Å². The van der Waals surface area contributed by atoms with Crippen molar-refractivity contribution < 1.29 is 24.6 Å². The average Bonchev–Trinajstić information content (AvgIpc) is 2.95. The third-order valence-corrected chi connectivity index (χ3v) is 3.21. The minimum Gasteiger partial charge on any atom is -0.506 e. The molecule has 0 radical (unpaired) electrons.